The van der Waals surface area contributed by atoms with Gasteiger partial charge in [-0.3, -0.25) is 4.79 Å². The van der Waals surface area contributed by atoms with E-state index >= 15 is 0 Å². The summed E-state index contributed by atoms with van der Waals surface area (Å²) in [5.74, 6) is 0.0296. The number of amides is 3. The number of likely N-dealkylation sites (tertiary alicyclic amines) is 1. The predicted molar refractivity (Wildman–Crippen MR) is 94.7 cm³/mol. The van der Waals surface area contributed by atoms with Gasteiger partial charge in [-0.15, -0.1) is 0 Å². The van der Waals surface area contributed by atoms with Gasteiger partial charge in [0, 0.05) is 31.7 Å². The fourth-order valence-electron chi connectivity index (χ4n) is 2.56. The molecule has 1 atom stereocenters. The summed E-state index contributed by atoms with van der Waals surface area (Å²) in [6.45, 7) is 5.28. The maximum atomic E-state index is 12.0. The second-order valence-electron chi connectivity index (χ2n) is 5.85. The zero-order chi connectivity index (χ0) is 18.4. The molecule has 1 heterocycles. The smallest absolute Gasteiger partial charge is 0.319 e. The molecule has 1 aliphatic rings. The lowest BCUT2D eigenvalue weighted by Crippen LogP contribution is -2.39. The van der Waals surface area contributed by atoms with Crippen LogP contribution in [0.3, 0.4) is 0 Å². The van der Waals surface area contributed by atoms with E-state index in [2.05, 4.69) is 15.4 Å². The van der Waals surface area contributed by atoms with Crippen molar-refractivity contribution in [1.29, 1.82) is 0 Å². The van der Waals surface area contributed by atoms with E-state index in [0.717, 1.165) is 0 Å². The van der Waals surface area contributed by atoms with E-state index in [-0.39, 0.29) is 16.8 Å². The zero-order valence-electron chi connectivity index (χ0n) is 14.4. The van der Waals surface area contributed by atoms with Gasteiger partial charge in [0.15, 0.2) is 0 Å². The molecule has 1 saturated heterocycles. The van der Waals surface area contributed by atoms with Crippen LogP contribution >= 0.6 is 0 Å². The molecule has 1 aliphatic heterocycles. The van der Waals surface area contributed by atoms with Crippen molar-refractivity contribution < 1.29 is 18.0 Å². The summed E-state index contributed by atoms with van der Waals surface area (Å²) in [6, 6.07) is 5.29. The summed E-state index contributed by atoms with van der Waals surface area (Å²) in [4.78, 5) is 25.5. The first-order valence-electron chi connectivity index (χ1n) is 8.30. The second kappa shape index (κ2) is 8.30. The predicted octanol–water partition coefficient (Wildman–Crippen LogP) is 1.12. The second-order valence-corrected chi connectivity index (χ2v) is 7.62. The van der Waals surface area contributed by atoms with Crippen LogP contribution in [0.15, 0.2) is 29.2 Å². The molecule has 0 bridgehead atoms. The summed E-state index contributed by atoms with van der Waals surface area (Å²) in [5.41, 5.74) is 0.476. The Hall–Kier alpha value is -2.13. The highest BCUT2D eigenvalue weighted by molar-refractivity contribution is 7.89. The zero-order valence-corrected chi connectivity index (χ0v) is 15.2. The van der Waals surface area contributed by atoms with E-state index < -0.39 is 16.1 Å². The first kappa shape index (κ1) is 19.2. The number of rotatable bonds is 7. The summed E-state index contributed by atoms with van der Waals surface area (Å²) in [7, 11) is -3.52. The molecule has 3 N–H and O–H groups in total. The van der Waals surface area contributed by atoms with E-state index in [1.54, 1.807) is 4.90 Å². The quantitative estimate of drug-likeness (QED) is 0.670. The van der Waals surface area contributed by atoms with Gasteiger partial charge in [0.25, 0.3) is 0 Å². The number of carbonyl (C=O) groups is 2. The summed E-state index contributed by atoms with van der Waals surface area (Å²) < 4.78 is 26.5. The molecule has 1 aromatic carbocycles. The number of sulfonamides is 1. The van der Waals surface area contributed by atoms with Crippen molar-refractivity contribution in [3.8, 4) is 0 Å². The molecule has 0 aliphatic carbocycles. The lowest BCUT2D eigenvalue weighted by molar-refractivity contribution is -0.127. The fraction of sp³-hybridized carbons (Fsp3) is 0.500. The highest BCUT2D eigenvalue weighted by Crippen LogP contribution is 2.15. The van der Waals surface area contributed by atoms with Crippen molar-refractivity contribution in [2.24, 2.45) is 0 Å². The monoisotopic (exact) mass is 368 g/mol. The number of urea groups is 1. The van der Waals surface area contributed by atoms with Gasteiger partial charge in [-0.2, -0.15) is 0 Å². The Morgan fingerprint density at radius 1 is 1.24 bits per heavy atom. The van der Waals surface area contributed by atoms with E-state index in [0.29, 0.717) is 38.2 Å². The van der Waals surface area contributed by atoms with Crippen LogP contribution < -0.4 is 15.4 Å². The molecule has 25 heavy (non-hydrogen) atoms. The van der Waals surface area contributed by atoms with Gasteiger partial charge in [0.05, 0.1) is 10.9 Å². The lowest BCUT2D eigenvalue weighted by Gasteiger charge is -2.15. The average Bonchev–Trinajstić information content (AvgIpc) is 2.92. The largest absolute Gasteiger partial charge is 0.341 e. The first-order chi connectivity index (χ1) is 11.9. The Bertz CT molecular complexity index is 718. The van der Waals surface area contributed by atoms with Crippen molar-refractivity contribution in [3.05, 3.63) is 24.3 Å². The number of anilines is 1. The third-order valence-electron chi connectivity index (χ3n) is 3.90. The maximum Gasteiger partial charge on any atom is 0.319 e. The van der Waals surface area contributed by atoms with Crippen LogP contribution in [0.25, 0.3) is 0 Å². The third kappa shape index (κ3) is 5.17. The number of hydrogen-bond donors (Lipinski definition) is 3. The van der Waals surface area contributed by atoms with E-state index in [1.807, 2.05) is 13.8 Å². The van der Waals surface area contributed by atoms with Crippen molar-refractivity contribution in [1.82, 2.24) is 14.9 Å². The van der Waals surface area contributed by atoms with Crippen LogP contribution in [0.5, 0.6) is 0 Å². The standard InChI is InChI=1S/C16H24N4O4S/c1-3-9-17-25(23,24)14-7-5-12(6-8-14)18-16(22)19-13-10-15(21)20(4-2)11-13/h5-8,13,17H,3-4,9-11H2,1-2H3,(H2,18,19,22)/t13-/m1/s1. The van der Waals surface area contributed by atoms with Crippen LogP contribution in [0.1, 0.15) is 26.7 Å². The molecule has 8 nitrogen and oxygen atoms in total. The van der Waals surface area contributed by atoms with E-state index in [4.69, 9.17) is 0 Å². The van der Waals surface area contributed by atoms with E-state index in [1.165, 1.54) is 24.3 Å². The molecule has 2 rings (SSSR count). The molecule has 1 aromatic rings. The number of carbonyl (C=O) groups excluding carboxylic acids is 2. The Morgan fingerprint density at radius 2 is 1.92 bits per heavy atom. The van der Waals surface area contributed by atoms with Gasteiger partial charge in [-0.25, -0.2) is 17.9 Å². The average molecular weight is 368 g/mol. The van der Waals surface area contributed by atoms with Crippen molar-refractivity contribution in [2.75, 3.05) is 25.0 Å². The number of nitrogens with one attached hydrogen (secondary N) is 3. The minimum Gasteiger partial charge on any atom is -0.341 e. The van der Waals surface area contributed by atoms with Crippen LogP contribution in [-0.4, -0.2) is 50.9 Å². The van der Waals surface area contributed by atoms with Gasteiger partial charge in [-0.1, -0.05) is 6.92 Å². The normalized spacial score (nSPS) is 17.6. The number of likely N-dealkylation sites (N-methyl/N-ethyl adjacent to an activating group) is 1. The Labute approximate surface area is 148 Å². The molecule has 138 valence electrons. The Kier molecular flexibility index (Phi) is 6.38. The van der Waals surface area contributed by atoms with Gasteiger partial charge in [-0.05, 0) is 37.6 Å². The summed E-state index contributed by atoms with van der Waals surface area (Å²) >= 11 is 0. The molecular weight excluding hydrogens is 344 g/mol. The highest BCUT2D eigenvalue weighted by atomic mass is 32.2. The van der Waals surface area contributed by atoms with Gasteiger partial charge in [0.2, 0.25) is 15.9 Å². The summed E-state index contributed by atoms with van der Waals surface area (Å²) in [6.07, 6.45) is 1.000. The molecule has 0 saturated carbocycles. The number of nitrogens with zero attached hydrogens (tertiary/aromatic N) is 1. The van der Waals surface area contributed by atoms with Crippen LogP contribution in [-0.2, 0) is 14.8 Å². The molecule has 0 radical (unpaired) electrons. The Balaban J connectivity index is 1.91. The molecule has 0 aromatic heterocycles. The van der Waals surface area contributed by atoms with E-state index in [9.17, 15) is 18.0 Å². The topological polar surface area (TPSA) is 108 Å². The SMILES string of the molecule is CCCNS(=O)(=O)c1ccc(NC(=O)N[C@@H]2CC(=O)N(CC)C2)cc1. The third-order valence-corrected chi connectivity index (χ3v) is 5.37. The van der Waals surface area contributed by atoms with Crippen molar-refractivity contribution in [2.45, 2.75) is 37.6 Å². The van der Waals surface area contributed by atoms with Crippen molar-refractivity contribution >= 4 is 27.6 Å². The lowest BCUT2D eigenvalue weighted by atomic mass is 10.2. The molecule has 3 amide bonds. The van der Waals surface area contributed by atoms with Gasteiger partial charge < -0.3 is 15.5 Å². The van der Waals surface area contributed by atoms with Gasteiger partial charge >= 0.3 is 6.03 Å². The minimum absolute atomic E-state index is 0.0296. The number of hydrogen-bond acceptors (Lipinski definition) is 4. The molecule has 9 heteroatoms. The van der Waals surface area contributed by atoms with Crippen molar-refractivity contribution in [3.63, 3.8) is 0 Å². The summed E-state index contributed by atoms with van der Waals surface area (Å²) in [5, 5.41) is 5.39. The van der Waals surface area contributed by atoms with Crippen LogP contribution in [0, 0.1) is 0 Å². The van der Waals surface area contributed by atoms with Gasteiger partial charge in [0.1, 0.15) is 0 Å². The molecule has 0 spiro atoms. The maximum absolute atomic E-state index is 12.0. The first-order valence-corrected chi connectivity index (χ1v) is 9.79. The van der Waals surface area contributed by atoms with Crippen LogP contribution in [0.4, 0.5) is 10.5 Å². The Morgan fingerprint density at radius 3 is 2.48 bits per heavy atom. The molecule has 1 fully saturated rings. The minimum atomic E-state index is -3.52. The number of benzene rings is 1. The fourth-order valence-corrected chi connectivity index (χ4v) is 3.70. The van der Waals surface area contributed by atoms with Crippen LogP contribution in [0.2, 0.25) is 0 Å². The molecular formula is C16H24N4O4S. The molecule has 0 unspecified atom stereocenters. The highest BCUT2D eigenvalue weighted by Gasteiger charge is 2.29.